The lowest BCUT2D eigenvalue weighted by Crippen LogP contribution is -2.04. The van der Waals surface area contributed by atoms with Crippen molar-refractivity contribution in [3.8, 4) is 16.9 Å². The third-order valence-corrected chi connectivity index (χ3v) is 3.05. The van der Waals surface area contributed by atoms with Crippen LogP contribution in [-0.4, -0.2) is 16.8 Å². The van der Waals surface area contributed by atoms with Crippen molar-refractivity contribution in [3.05, 3.63) is 54.1 Å². The minimum atomic E-state index is 0.222. The molecule has 0 saturated heterocycles. The van der Waals surface area contributed by atoms with E-state index in [1.165, 1.54) is 5.56 Å². The number of rotatable bonds is 4. The highest BCUT2D eigenvalue weighted by atomic mass is 16.3. The van der Waals surface area contributed by atoms with Gasteiger partial charge in [-0.3, -0.25) is 0 Å². The van der Waals surface area contributed by atoms with Crippen LogP contribution < -0.4 is 0 Å². The first kappa shape index (κ1) is 12.7. The van der Waals surface area contributed by atoms with Gasteiger partial charge in [0, 0.05) is 6.61 Å². The number of phenolic OH excluding ortho intramolecular Hbond substituents is 1. The number of aliphatic hydroxyl groups is 1. The van der Waals surface area contributed by atoms with Crippen LogP contribution in [0.3, 0.4) is 0 Å². The van der Waals surface area contributed by atoms with Crippen molar-refractivity contribution in [2.45, 2.75) is 13.3 Å². The summed E-state index contributed by atoms with van der Waals surface area (Å²) in [6, 6.07) is 15.5. The predicted octanol–water partition coefficient (Wildman–Crippen LogP) is 3.23. The fourth-order valence-electron chi connectivity index (χ4n) is 1.95. The average Bonchev–Trinajstić information content (AvgIpc) is 2.40. The molecule has 0 aliphatic rings. The zero-order valence-electron chi connectivity index (χ0n) is 10.5. The van der Waals surface area contributed by atoms with Gasteiger partial charge in [-0.25, -0.2) is 0 Å². The van der Waals surface area contributed by atoms with Gasteiger partial charge >= 0.3 is 0 Å². The average molecular weight is 242 g/mol. The van der Waals surface area contributed by atoms with E-state index in [0.29, 0.717) is 5.92 Å². The molecule has 94 valence electrons. The maximum atomic E-state index is 9.25. The number of hydrogen-bond acceptors (Lipinski definition) is 2. The summed E-state index contributed by atoms with van der Waals surface area (Å²) in [7, 11) is 0. The maximum absolute atomic E-state index is 9.25. The second-order valence-corrected chi connectivity index (χ2v) is 4.74. The van der Waals surface area contributed by atoms with E-state index in [4.69, 9.17) is 5.11 Å². The SMILES string of the molecule is CC(CO)Cc1ccc(-c2ccc(O)cc2)cc1. The first-order valence-corrected chi connectivity index (χ1v) is 6.18. The molecule has 1 atom stereocenters. The minimum Gasteiger partial charge on any atom is -0.508 e. The summed E-state index contributed by atoms with van der Waals surface area (Å²) in [6.45, 7) is 2.26. The number of aromatic hydroxyl groups is 1. The summed E-state index contributed by atoms with van der Waals surface area (Å²) in [6.07, 6.45) is 0.895. The number of phenols is 1. The van der Waals surface area contributed by atoms with Crippen LogP contribution in [-0.2, 0) is 6.42 Å². The Morgan fingerprint density at radius 3 is 1.89 bits per heavy atom. The highest BCUT2D eigenvalue weighted by Crippen LogP contribution is 2.22. The molecule has 0 radical (unpaired) electrons. The Morgan fingerprint density at radius 1 is 0.889 bits per heavy atom. The molecule has 2 N–H and O–H groups in total. The Morgan fingerprint density at radius 2 is 1.39 bits per heavy atom. The van der Waals surface area contributed by atoms with Gasteiger partial charge in [-0.05, 0) is 41.2 Å². The fraction of sp³-hybridized carbons (Fsp3) is 0.250. The molecular formula is C16H18O2. The van der Waals surface area contributed by atoms with Crippen molar-refractivity contribution in [2.75, 3.05) is 6.61 Å². The van der Waals surface area contributed by atoms with Crippen molar-refractivity contribution in [2.24, 2.45) is 5.92 Å². The smallest absolute Gasteiger partial charge is 0.115 e. The lowest BCUT2D eigenvalue weighted by Gasteiger charge is -2.08. The second-order valence-electron chi connectivity index (χ2n) is 4.74. The van der Waals surface area contributed by atoms with Gasteiger partial charge < -0.3 is 10.2 Å². The molecule has 18 heavy (non-hydrogen) atoms. The predicted molar refractivity (Wildman–Crippen MR) is 73.5 cm³/mol. The zero-order chi connectivity index (χ0) is 13.0. The van der Waals surface area contributed by atoms with Gasteiger partial charge in [0.15, 0.2) is 0 Å². The van der Waals surface area contributed by atoms with E-state index < -0.39 is 0 Å². The van der Waals surface area contributed by atoms with Gasteiger partial charge in [-0.1, -0.05) is 43.3 Å². The first-order valence-electron chi connectivity index (χ1n) is 6.18. The molecule has 1 unspecified atom stereocenters. The van der Waals surface area contributed by atoms with Crippen LogP contribution in [0.1, 0.15) is 12.5 Å². The van der Waals surface area contributed by atoms with E-state index >= 15 is 0 Å². The van der Waals surface area contributed by atoms with Crippen molar-refractivity contribution < 1.29 is 10.2 Å². The van der Waals surface area contributed by atoms with E-state index in [1.807, 2.05) is 19.1 Å². The Labute approximate surface area is 108 Å². The number of hydrogen-bond donors (Lipinski definition) is 2. The Hall–Kier alpha value is -1.80. The van der Waals surface area contributed by atoms with Gasteiger partial charge in [-0.2, -0.15) is 0 Å². The normalized spacial score (nSPS) is 12.3. The summed E-state index contributed by atoms with van der Waals surface area (Å²) in [5, 5.41) is 18.3. The van der Waals surface area contributed by atoms with Crippen molar-refractivity contribution in [1.82, 2.24) is 0 Å². The van der Waals surface area contributed by atoms with Gasteiger partial charge in [-0.15, -0.1) is 0 Å². The van der Waals surface area contributed by atoms with E-state index in [0.717, 1.165) is 17.5 Å². The highest BCUT2D eigenvalue weighted by Gasteiger charge is 2.03. The number of benzene rings is 2. The van der Waals surface area contributed by atoms with Gasteiger partial charge in [0.1, 0.15) is 5.75 Å². The summed E-state index contributed by atoms with van der Waals surface area (Å²) in [4.78, 5) is 0. The molecule has 2 heteroatoms. The van der Waals surface area contributed by atoms with Crippen LogP contribution in [0.5, 0.6) is 5.75 Å². The molecule has 0 bridgehead atoms. The second kappa shape index (κ2) is 5.69. The van der Waals surface area contributed by atoms with Crippen molar-refractivity contribution in [1.29, 1.82) is 0 Å². The molecule has 0 saturated carbocycles. The fourth-order valence-corrected chi connectivity index (χ4v) is 1.95. The first-order chi connectivity index (χ1) is 8.69. The molecule has 0 fully saturated rings. The molecular weight excluding hydrogens is 224 g/mol. The molecule has 0 aliphatic carbocycles. The highest BCUT2D eigenvalue weighted by molar-refractivity contribution is 5.64. The van der Waals surface area contributed by atoms with Crippen LogP contribution in [0, 0.1) is 5.92 Å². The summed E-state index contributed by atoms with van der Waals surface area (Å²) < 4.78 is 0. The quantitative estimate of drug-likeness (QED) is 0.864. The third kappa shape index (κ3) is 3.11. The Kier molecular flexibility index (Phi) is 4.00. The molecule has 0 amide bonds. The Bertz CT molecular complexity index is 486. The molecule has 0 heterocycles. The summed E-state index contributed by atoms with van der Waals surface area (Å²) in [5.74, 6) is 0.580. The molecule has 2 aromatic carbocycles. The molecule has 2 rings (SSSR count). The lowest BCUT2D eigenvalue weighted by molar-refractivity contribution is 0.237. The monoisotopic (exact) mass is 242 g/mol. The van der Waals surface area contributed by atoms with Crippen LogP contribution in [0.25, 0.3) is 11.1 Å². The minimum absolute atomic E-state index is 0.222. The van der Waals surface area contributed by atoms with E-state index in [-0.39, 0.29) is 12.4 Å². The van der Waals surface area contributed by atoms with Gasteiger partial charge in [0.05, 0.1) is 0 Å². The lowest BCUT2D eigenvalue weighted by atomic mass is 9.98. The molecule has 0 aromatic heterocycles. The molecule has 2 aromatic rings. The summed E-state index contributed by atoms with van der Waals surface area (Å²) >= 11 is 0. The van der Waals surface area contributed by atoms with Crippen molar-refractivity contribution >= 4 is 0 Å². The van der Waals surface area contributed by atoms with Gasteiger partial charge in [0.25, 0.3) is 0 Å². The summed E-state index contributed by atoms with van der Waals surface area (Å²) in [5.41, 5.74) is 3.46. The zero-order valence-corrected chi connectivity index (χ0v) is 10.5. The standard InChI is InChI=1S/C16H18O2/c1-12(11-17)10-13-2-4-14(5-3-13)15-6-8-16(18)9-7-15/h2-9,12,17-18H,10-11H2,1H3. The van der Waals surface area contributed by atoms with Crippen LogP contribution in [0.15, 0.2) is 48.5 Å². The molecule has 0 aliphatic heterocycles. The number of aliphatic hydroxyl groups excluding tert-OH is 1. The molecule has 2 nitrogen and oxygen atoms in total. The third-order valence-electron chi connectivity index (χ3n) is 3.05. The molecule has 0 spiro atoms. The van der Waals surface area contributed by atoms with Gasteiger partial charge in [0.2, 0.25) is 0 Å². The Balaban J connectivity index is 2.14. The van der Waals surface area contributed by atoms with Crippen molar-refractivity contribution in [3.63, 3.8) is 0 Å². The van der Waals surface area contributed by atoms with Crippen LogP contribution in [0.4, 0.5) is 0 Å². The van der Waals surface area contributed by atoms with E-state index in [1.54, 1.807) is 12.1 Å². The van der Waals surface area contributed by atoms with E-state index in [2.05, 4.69) is 24.3 Å². The van der Waals surface area contributed by atoms with Crippen LogP contribution >= 0.6 is 0 Å². The van der Waals surface area contributed by atoms with E-state index in [9.17, 15) is 5.11 Å². The van der Waals surface area contributed by atoms with Crippen LogP contribution in [0.2, 0.25) is 0 Å². The topological polar surface area (TPSA) is 40.5 Å². The largest absolute Gasteiger partial charge is 0.508 e. The maximum Gasteiger partial charge on any atom is 0.115 e.